The lowest BCUT2D eigenvalue weighted by molar-refractivity contribution is 0.0593. The first-order valence-electron chi connectivity index (χ1n) is 6.38. The Bertz CT molecular complexity index is 931. The van der Waals surface area contributed by atoms with Crippen molar-refractivity contribution in [1.82, 2.24) is 20.0 Å². The van der Waals surface area contributed by atoms with Gasteiger partial charge in [0.2, 0.25) is 0 Å². The monoisotopic (exact) mass is 296 g/mol. The summed E-state index contributed by atoms with van der Waals surface area (Å²) >= 11 is 0. The summed E-state index contributed by atoms with van der Waals surface area (Å²) in [4.78, 5) is 12.1. The molecule has 1 aromatic carbocycles. The summed E-state index contributed by atoms with van der Waals surface area (Å²) in [6.45, 7) is 1.87. The number of methoxy groups -OCH3 is 1. The summed E-state index contributed by atoms with van der Waals surface area (Å²) in [5.74, 6) is -0.626. The number of hydrogen-bond acceptors (Lipinski definition) is 6. The van der Waals surface area contributed by atoms with Crippen LogP contribution in [0, 0.1) is 18.3 Å². The van der Waals surface area contributed by atoms with Crippen LogP contribution in [-0.4, -0.2) is 33.1 Å². The number of nitrogens with two attached hydrogens (primary N) is 1. The molecular formula is C14H12N6O2. The number of carbonyl (C=O) groups excluding carboxylic acids is 1. The Morgan fingerprint density at radius 1 is 1.45 bits per heavy atom. The molecule has 0 amide bonds. The zero-order valence-corrected chi connectivity index (χ0v) is 11.9. The maximum absolute atomic E-state index is 12.1. The lowest BCUT2D eigenvalue weighted by Crippen LogP contribution is -2.12. The first-order valence-corrected chi connectivity index (χ1v) is 6.38. The molecule has 0 fully saturated rings. The lowest BCUT2D eigenvalue weighted by Gasteiger charge is -2.11. The third-order valence-electron chi connectivity index (χ3n) is 3.45. The number of nitrogens with one attached hydrogen (secondary N) is 1. The van der Waals surface area contributed by atoms with Crippen LogP contribution in [0.2, 0.25) is 0 Å². The van der Waals surface area contributed by atoms with Gasteiger partial charge in [-0.15, -0.1) is 0 Å². The number of aryl methyl sites for hydroxylation is 1. The highest BCUT2D eigenvalue weighted by Gasteiger charge is 2.24. The molecule has 8 nitrogen and oxygen atoms in total. The van der Waals surface area contributed by atoms with Gasteiger partial charge in [0, 0.05) is 6.20 Å². The molecule has 0 radical (unpaired) electrons. The van der Waals surface area contributed by atoms with Gasteiger partial charge in [0.15, 0.2) is 5.69 Å². The highest BCUT2D eigenvalue weighted by molar-refractivity contribution is 5.97. The van der Waals surface area contributed by atoms with E-state index in [9.17, 15) is 10.1 Å². The van der Waals surface area contributed by atoms with E-state index in [1.807, 2.05) is 25.1 Å². The Morgan fingerprint density at radius 3 is 2.91 bits per heavy atom. The predicted molar refractivity (Wildman–Crippen MR) is 78.4 cm³/mol. The minimum Gasteiger partial charge on any atom is -0.464 e. The van der Waals surface area contributed by atoms with Gasteiger partial charge in [-0.3, -0.25) is 0 Å². The zero-order chi connectivity index (χ0) is 15.9. The molecule has 3 rings (SSSR count). The van der Waals surface area contributed by atoms with Crippen molar-refractivity contribution in [2.45, 2.75) is 6.92 Å². The number of esters is 1. The number of nitrogen functional groups attached to an aromatic ring is 1. The molecular weight excluding hydrogens is 284 g/mol. The van der Waals surface area contributed by atoms with E-state index in [4.69, 9.17) is 10.5 Å². The van der Waals surface area contributed by atoms with Crippen LogP contribution in [0.4, 0.5) is 5.69 Å². The van der Waals surface area contributed by atoms with Gasteiger partial charge in [-0.1, -0.05) is 6.07 Å². The fraction of sp³-hybridized carbons (Fsp3) is 0.143. The van der Waals surface area contributed by atoms with E-state index >= 15 is 0 Å². The third kappa shape index (κ3) is 1.80. The number of aromatic nitrogens is 4. The van der Waals surface area contributed by atoms with Crippen LogP contribution in [0.1, 0.15) is 21.6 Å². The van der Waals surface area contributed by atoms with Gasteiger partial charge < -0.3 is 15.0 Å². The van der Waals surface area contributed by atoms with Gasteiger partial charge in [0.25, 0.3) is 0 Å². The van der Waals surface area contributed by atoms with Crippen LogP contribution in [-0.2, 0) is 4.74 Å². The summed E-state index contributed by atoms with van der Waals surface area (Å²) < 4.78 is 6.31. The van der Waals surface area contributed by atoms with Gasteiger partial charge in [-0.2, -0.15) is 20.7 Å². The Hall–Kier alpha value is -3.34. The highest BCUT2D eigenvalue weighted by atomic mass is 16.5. The molecule has 3 aromatic rings. The molecule has 0 unspecified atom stereocenters. The predicted octanol–water partition coefficient (Wildman–Crippen LogP) is 1.30. The van der Waals surface area contributed by atoms with Crippen molar-refractivity contribution in [1.29, 1.82) is 5.26 Å². The topological polar surface area (TPSA) is 123 Å². The molecule has 0 aliphatic rings. The molecule has 8 heteroatoms. The van der Waals surface area contributed by atoms with E-state index < -0.39 is 5.97 Å². The van der Waals surface area contributed by atoms with E-state index in [-0.39, 0.29) is 16.9 Å². The van der Waals surface area contributed by atoms with E-state index in [1.165, 1.54) is 17.9 Å². The second-order valence-electron chi connectivity index (χ2n) is 4.70. The van der Waals surface area contributed by atoms with Crippen molar-refractivity contribution < 1.29 is 9.53 Å². The number of ether oxygens (including phenoxy) is 1. The molecule has 0 spiro atoms. The van der Waals surface area contributed by atoms with Crippen LogP contribution in [0.25, 0.3) is 16.7 Å². The average Bonchev–Trinajstić information content (AvgIpc) is 3.10. The molecule has 0 saturated carbocycles. The van der Waals surface area contributed by atoms with Crippen LogP contribution in [0.15, 0.2) is 18.3 Å². The molecule has 22 heavy (non-hydrogen) atoms. The van der Waals surface area contributed by atoms with Crippen LogP contribution in [0.5, 0.6) is 0 Å². The number of aromatic amines is 1. The van der Waals surface area contributed by atoms with E-state index in [2.05, 4.69) is 15.4 Å². The van der Waals surface area contributed by atoms with Gasteiger partial charge in [0.05, 0.1) is 24.0 Å². The summed E-state index contributed by atoms with van der Waals surface area (Å²) in [5.41, 5.74) is 8.97. The molecule has 2 heterocycles. The molecule has 0 atom stereocenters. The summed E-state index contributed by atoms with van der Waals surface area (Å²) in [6.07, 6.45) is 1.50. The van der Waals surface area contributed by atoms with Crippen molar-refractivity contribution in [2.75, 3.05) is 12.8 Å². The molecule has 0 bridgehead atoms. The van der Waals surface area contributed by atoms with Gasteiger partial charge in [0.1, 0.15) is 17.1 Å². The number of anilines is 1. The number of carbonyl (C=O) groups is 1. The van der Waals surface area contributed by atoms with Gasteiger partial charge >= 0.3 is 5.97 Å². The number of rotatable bonds is 2. The minimum absolute atomic E-state index is 0.0780. The second-order valence-corrected chi connectivity index (χ2v) is 4.70. The molecule has 110 valence electrons. The maximum atomic E-state index is 12.1. The maximum Gasteiger partial charge on any atom is 0.357 e. The Labute approximate surface area is 125 Å². The lowest BCUT2D eigenvalue weighted by atomic mass is 10.1. The van der Waals surface area contributed by atoms with Crippen LogP contribution >= 0.6 is 0 Å². The molecule has 2 aromatic heterocycles. The van der Waals surface area contributed by atoms with E-state index in [0.717, 1.165) is 5.56 Å². The second kappa shape index (κ2) is 4.89. The third-order valence-corrected chi connectivity index (χ3v) is 3.45. The van der Waals surface area contributed by atoms with Crippen molar-refractivity contribution in [3.8, 4) is 11.8 Å². The Morgan fingerprint density at radius 2 is 2.23 bits per heavy atom. The number of benzene rings is 1. The number of fused-ring (bicyclic) bond motifs is 1. The van der Waals surface area contributed by atoms with Crippen LogP contribution in [0.3, 0.4) is 0 Å². The van der Waals surface area contributed by atoms with Crippen molar-refractivity contribution in [3.05, 3.63) is 35.2 Å². The summed E-state index contributed by atoms with van der Waals surface area (Å²) in [5, 5.41) is 19.9. The van der Waals surface area contributed by atoms with Crippen molar-refractivity contribution >= 4 is 22.7 Å². The standard InChI is InChI=1S/C14H12N6O2/c1-7-3-4-9-11(18-19-17-9)12(7)20-6-8(5-15)10(16)13(20)14(21)22-2/h3-4,6H,16H2,1-2H3,(H,17,18,19). The van der Waals surface area contributed by atoms with Crippen molar-refractivity contribution in [2.24, 2.45) is 0 Å². The fourth-order valence-electron chi connectivity index (χ4n) is 2.39. The van der Waals surface area contributed by atoms with Gasteiger partial charge in [-0.25, -0.2) is 4.79 Å². The number of nitrogens with zero attached hydrogens (tertiary/aromatic N) is 4. The first kappa shape index (κ1) is 13.6. The normalized spacial score (nSPS) is 10.6. The SMILES string of the molecule is COC(=O)c1c(N)c(C#N)cn1-c1c(C)ccc2n[nH]nc12. The number of nitriles is 1. The molecule has 0 aliphatic carbocycles. The summed E-state index contributed by atoms with van der Waals surface area (Å²) in [6, 6.07) is 5.63. The highest BCUT2D eigenvalue weighted by Crippen LogP contribution is 2.29. The van der Waals surface area contributed by atoms with Gasteiger partial charge in [-0.05, 0) is 18.6 Å². The minimum atomic E-state index is -0.626. The molecule has 3 N–H and O–H groups in total. The summed E-state index contributed by atoms with van der Waals surface area (Å²) in [7, 11) is 1.26. The fourth-order valence-corrected chi connectivity index (χ4v) is 2.39. The zero-order valence-electron chi connectivity index (χ0n) is 11.9. The smallest absolute Gasteiger partial charge is 0.357 e. The largest absolute Gasteiger partial charge is 0.464 e. The Kier molecular flexibility index (Phi) is 3.03. The number of hydrogen-bond donors (Lipinski definition) is 2. The molecule has 0 aliphatic heterocycles. The Balaban J connectivity index is 2.41. The first-order chi connectivity index (χ1) is 10.6. The van der Waals surface area contributed by atoms with Crippen LogP contribution < -0.4 is 5.73 Å². The van der Waals surface area contributed by atoms with E-state index in [1.54, 1.807) is 0 Å². The average molecular weight is 296 g/mol. The van der Waals surface area contributed by atoms with E-state index in [0.29, 0.717) is 16.7 Å². The van der Waals surface area contributed by atoms with Crippen molar-refractivity contribution in [3.63, 3.8) is 0 Å². The number of H-pyrrole nitrogens is 1. The molecule has 0 saturated heterocycles. The quantitative estimate of drug-likeness (QED) is 0.687.